The molecule has 1 aromatic heterocycles. The highest BCUT2D eigenvalue weighted by molar-refractivity contribution is 6.20. The van der Waals surface area contributed by atoms with Gasteiger partial charge in [0, 0.05) is 18.0 Å². The number of ketones is 1. The van der Waals surface area contributed by atoms with Gasteiger partial charge in [0.05, 0.1) is 5.39 Å². The molecule has 0 bridgehead atoms. The molecular formula is C16H15ClO5. The van der Waals surface area contributed by atoms with Crippen molar-refractivity contribution in [2.24, 2.45) is 0 Å². The predicted molar refractivity (Wildman–Crippen MR) is 84.0 cm³/mol. The van der Waals surface area contributed by atoms with Gasteiger partial charge in [0.25, 0.3) is 0 Å². The fraction of sp³-hybridized carbons (Fsp3) is 0.250. The highest BCUT2D eigenvalue weighted by Crippen LogP contribution is 2.36. The molecule has 5 nitrogen and oxygen atoms in total. The number of hydrogen-bond acceptors (Lipinski definition) is 5. The second-order valence-corrected chi connectivity index (χ2v) is 5.06. The number of carbonyl (C=O) groups is 1. The highest BCUT2D eigenvalue weighted by Gasteiger charge is 2.21. The molecule has 0 atom stereocenters. The van der Waals surface area contributed by atoms with Crippen LogP contribution in [0.1, 0.15) is 29.3 Å². The Balaban J connectivity index is 2.84. The topological polar surface area (TPSA) is 87.7 Å². The first-order valence-corrected chi connectivity index (χ1v) is 7.31. The summed E-state index contributed by atoms with van der Waals surface area (Å²) in [5.74, 6) is -1.11. The summed E-state index contributed by atoms with van der Waals surface area (Å²) in [5, 5.41) is 20.3. The van der Waals surface area contributed by atoms with E-state index in [2.05, 4.69) is 0 Å². The van der Waals surface area contributed by atoms with Crippen LogP contribution in [0.3, 0.4) is 0 Å². The summed E-state index contributed by atoms with van der Waals surface area (Å²) in [7, 11) is 0. The molecule has 6 heteroatoms. The number of hydrogen-bond donors (Lipinski definition) is 2. The van der Waals surface area contributed by atoms with E-state index >= 15 is 0 Å². The Morgan fingerprint density at radius 2 is 2.05 bits per heavy atom. The number of carbonyl (C=O) groups excluding carboxylic acids is 1. The van der Waals surface area contributed by atoms with E-state index in [1.807, 2.05) is 6.92 Å². The Morgan fingerprint density at radius 1 is 1.32 bits per heavy atom. The molecule has 0 saturated heterocycles. The van der Waals surface area contributed by atoms with Gasteiger partial charge in [-0.1, -0.05) is 19.4 Å². The second-order valence-electron chi connectivity index (χ2n) is 4.76. The molecule has 1 heterocycles. The minimum Gasteiger partial charge on any atom is -0.507 e. The molecular weight excluding hydrogens is 308 g/mol. The van der Waals surface area contributed by atoms with Gasteiger partial charge >= 0.3 is 5.63 Å². The minimum absolute atomic E-state index is 0.113. The van der Waals surface area contributed by atoms with Crippen LogP contribution in [0.4, 0.5) is 0 Å². The first-order valence-electron chi connectivity index (χ1n) is 6.78. The van der Waals surface area contributed by atoms with Crippen molar-refractivity contribution in [3.63, 3.8) is 0 Å². The average Bonchev–Trinajstić information content (AvgIpc) is 2.44. The van der Waals surface area contributed by atoms with Crippen molar-refractivity contribution in [2.75, 3.05) is 5.88 Å². The lowest BCUT2D eigenvalue weighted by Crippen LogP contribution is -2.05. The molecule has 2 rings (SSSR count). The van der Waals surface area contributed by atoms with Crippen LogP contribution in [0.15, 0.2) is 33.5 Å². The summed E-state index contributed by atoms with van der Waals surface area (Å²) in [6, 6.07) is 2.36. The number of alkyl halides is 1. The number of allylic oxidation sites excluding steroid dienone is 2. The second kappa shape index (κ2) is 6.66. The molecule has 0 aliphatic heterocycles. The van der Waals surface area contributed by atoms with Gasteiger partial charge in [-0.15, -0.1) is 11.6 Å². The SMILES string of the molecule is CCCc1cc(=O)oc2c(C(=O)/C=C/CCl)c(O)cc(O)c12. The lowest BCUT2D eigenvalue weighted by atomic mass is 9.99. The number of halogens is 1. The molecule has 22 heavy (non-hydrogen) atoms. The van der Waals surface area contributed by atoms with Crippen LogP contribution in [-0.2, 0) is 6.42 Å². The van der Waals surface area contributed by atoms with Gasteiger partial charge in [-0.2, -0.15) is 0 Å². The maximum absolute atomic E-state index is 12.2. The van der Waals surface area contributed by atoms with Gasteiger partial charge in [0.2, 0.25) is 0 Å². The summed E-state index contributed by atoms with van der Waals surface area (Å²) in [6.45, 7) is 1.92. The van der Waals surface area contributed by atoms with Gasteiger partial charge in [-0.05, 0) is 18.1 Å². The van der Waals surface area contributed by atoms with Crippen molar-refractivity contribution in [3.05, 3.63) is 45.8 Å². The molecule has 116 valence electrons. The van der Waals surface area contributed by atoms with Crippen molar-refractivity contribution in [3.8, 4) is 11.5 Å². The van der Waals surface area contributed by atoms with E-state index in [1.54, 1.807) is 0 Å². The standard InChI is InChI=1S/C16H15ClO5/c1-2-4-9-7-13(21)22-16-14(9)11(19)8-12(20)15(16)10(18)5-3-6-17/h3,5,7-8,19-20H,2,4,6H2,1H3/b5-3+. The molecule has 2 aromatic rings. The molecule has 0 fully saturated rings. The highest BCUT2D eigenvalue weighted by atomic mass is 35.5. The quantitative estimate of drug-likeness (QED) is 0.382. The Labute approximate surface area is 131 Å². The molecule has 0 aliphatic rings. The Morgan fingerprint density at radius 3 is 2.68 bits per heavy atom. The van der Waals surface area contributed by atoms with Crippen LogP contribution in [-0.4, -0.2) is 21.9 Å². The molecule has 0 amide bonds. The third-order valence-electron chi connectivity index (χ3n) is 3.18. The number of benzene rings is 1. The number of aromatic hydroxyl groups is 2. The fourth-order valence-corrected chi connectivity index (χ4v) is 2.42. The third-order valence-corrected chi connectivity index (χ3v) is 3.36. The summed E-state index contributed by atoms with van der Waals surface area (Å²) in [6.07, 6.45) is 3.88. The van der Waals surface area contributed by atoms with Gasteiger partial charge in [-0.25, -0.2) is 4.79 Å². The number of phenols is 2. The van der Waals surface area contributed by atoms with Crippen LogP contribution >= 0.6 is 11.6 Å². The average molecular weight is 323 g/mol. The van der Waals surface area contributed by atoms with Gasteiger partial charge < -0.3 is 14.6 Å². The van der Waals surface area contributed by atoms with Crippen LogP contribution in [0, 0.1) is 0 Å². The molecule has 0 aliphatic carbocycles. The number of fused-ring (bicyclic) bond motifs is 1. The zero-order valence-electron chi connectivity index (χ0n) is 11.9. The minimum atomic E-state index is -0.642. The predicted octanol–water partition coefficient (Wildman–Crippen LogP) is 3.13. The molecule has 1 aromatic carbocycles. The van der Waals surface area contributed by atoms with Gasteiger partial charge in [0.1, 0.15) is 17.1 Å². The van der Waals surface area contributed by atoms with E-state index in [4.69, 9.17) is 16.0 Å². The van der Waals surface area contributed by atoms with E-state index < -0.39 is 17.2 Å². The molecule has 0 saturated carbocycles. The smallest absolute Gasteiger partial charge is 0.336 e. The molecule has 0 unspecified atom stereocenters. The first-order chi connectivity index (χ1) is 10.5. The Kier molecular flexibility index (Phi) is 4.88. The van der Waals surface area contributed by atoms with Crippen molar-refractivity contribution in [1.82, 2.24) is 0 Å². The molecule has 0 spiro atoms. The van der Waals surface area contributed by atoms with Crippen LogP contribution in [0.5, 0.6) is 11.5 Å². The van der Waals surface area contributed by atoms with E-state index in [9.17, 15) is 19.8 Å². The third kappa shape index (κ3) is 2.99. The summed E-state index contributed by atoms with van der Waals surface area (Å²) < 4.78 is 5.08. The van der Waals surface area contributed by atoms with Crippen molar-refractivity contribution in [1.29, 1.82) is 0 Å². The lowest BCUT2D eigenvalue weighted by molar-refractivity contribution is 0.104. The van der Waals surface area contributed by atoms with Crippen molar-refractivity contribution >= 4 is 28.4 Å². The normalized spacial score (nSPS) is 11.4. The maximum Gasteiger partial charge on any atom is 0.336 e. The summed E-state index contributed by atoms with van der Waals surface area (Å²) in [5.41, 5.74) is -0.347. The summed E-state index contributed by atoms with van der Waals surface area (Å²) >= 11 is 5.49. The van der Waals surface area contributed by atoms with Gasteiger partial charge in [0.15, 0.2) is 11.4 Å². The fourth-order valence-electron chi connectivity index (χ4n) is 2.33. The van der Waals surface area contributed by atoms with E-state index in [0.717, 1.165) is 12.5 Å². The van der Waals surface area contributed by atoms with Crippen molar-refractivity contribution in [2.45, 2.75) is 19.8 Å². The monoisotopic (exact) mass is 322 g/mol. The van der Waals surface area contributed by atoms with Crippen LogP contribution in [0.2, 0.25) is 0 Å². The number of phenolic OH excluding ortho intramolecular Hbond substituents is 2. The van der Waals surface area contributed by atoms with E-state index in [0.29, 0.717) is 12.0 Å². The Bertz CT molecular complexity index is 804. The molecule has 2 N–H and O–H groups in total. The van der Waals surface area contributed by atoms with Crippen LogP contribution < -0.4 is 5.63 Å². The first kappa shape index (κ1) is 16.1. The number of aryl methyl sites for hydroxylation is 1. The number of rotatable bonds is 5. The van der Waals surface area contributed by atoms with E-state index in [1.165, 1.54) is 18.2 Å². The van der Waals surface area contributed by atoms with Gasteiger partial charge in [-0.3, -0.25) is 4.79 Å². The van der Waals surface area contributed by atoms with Crippen LogP contribution in [0.25, 0.3) is 11.0 Å². The largest absolute Gasteiger partial charge is 0.507 e. The zero-order valence-corrected chi connectivity index (χ0v) is 12.7. The lowest BCUT2D eigenvalue weighted by Gasteiger charge is -2.10. The zero-order chi connectivity index (χ0) is 16.3. The summed E-state index contributed by atoms with van der Waals surface area (Å²) in [4.78, 5) is 23.9. The van der Waals surface area contributed by atoms with E-state index in [-0.39, 0.29) is 28.2 Å². The molecule has 0 radical (unpaired) electrons. The van der Waals surface area contributed by atoms with Crippen molar-refractivity contribution < 1.29 is 19.4 Å². The maximum atomic E-state index is 12.2. The Hall–Kier alpha value is -2.27.